The van der Waals surface area contributed by atoms with Crippen LogP contribution in [0.15, 0.2) is 12.1 Å². The Hall–Kier alpha value is -1.82. The average molecular weight is 300 g/mol. The van der Waals surface area contributed by atoms with E-state index in [4.69, 9.17) is 17.3 Å². The molecule has 1 aromatic carbocycles. The van der Waals surface area contributed by atoms with Gasteiger partial charge in [-0.05, 0) is 18.9 Å². The van der Waals surface area contributed by atoms with Crippen LogP contribution in [0.5, 0.6) is 0 Å². The first-order valence-electron chi connectivity index (χ1n) is 6.32. The molecule has 1 aromatic rings. The lowest BCUT2D eigenvalue weighted by molar-refractivity contribution is -0.383. The lowest BCUT2D eigenvalue weighted by atomic mass is 10.0. The van der Waals surface area contributed by atoms with Crippen LogP contribution in [0.4, 0.5) is 11.4 Å². The zero-order valence-corrected chi connectivity index (χ0v) is 12.4. The van der Waals surface area contributed by atoms with Gasteiger partial charge in [0, 0.05) is 17.7 Å². The van der Waals surface area contributed by atoms with E-state index in [-0.39, 0.29) is 28.0 Å². The van der Waals surface area contributed by atoms with E-state index in [0.717, 1.165) is 12.5 Å². The number of nitrogens with zero attached hydrogens (tertiary/aromatic N) is 1. The first-order chi connectivity index (χ1) is 9.27. The van der Waals surface area contributed by atoms with Crippen LogP contribution in [0.2, 0.25) is 5.02 Å². The third-order valence-corrected chi connectivity index (χ3v) is 3.74. The summed E-state index contributed by atoms with van der Waals surface area (Å²) in [7, 11) is 0. The van der Waals surface area contributed by atoms with Gasteiger partial charge in [-0.2, -0.15) is 0 Å². The van der Waals surface area contributed by atoms with Gasteiger partial charge in [-0.25, -0.2) is 0 Å². The highest BCUT2D eigenvalue weighted by molar-refractivity contribution is 6.34. The van der Waals surface area contributed by atoms with Gasteiger partial charge in [0.25, 0.3) is 11.6 Å². The van der Waals surface area contributed by atoms with Gasteiger partial charge in [0.05, 0.1) is 9.95 Å². The Kier molecular flexibility index (Phi) is 5.33. The fourth-order valence-corrected chi connectivity index (χ4v) is 1.89. The number of carbonyl (C=O) groups excluding carboxylic acids is 1. The Morgan fingerprint density at radius 2 is 2.10 bits per heavy atom. The van der Waals surface area contributed by atoms with Gasteiger partial charge < -0.3 is 11.1 Å². The standard InChI is InChI=1S/C13H18ClN3O3/c1-4-7(2)8(3)16-13(18)9-5-10(14)12(15)11(6-9)17(19)20/h5-8H,4,15H2,1-3H3,(H,16,18). The number of nitrogens with one attached hydrogen (secondary N) is 1. The van der Waals surface area contributed by atoms with Gasteiger partial charge in [0.2, 0.25) is 0 Å². The number of nitrogens with two attached hydrogens (primary N) is 1. The van der Waals surface area contributed by atoms with Crippen molar-refractivity contribution < 1.29 is 9.72 Å². The predicted octanol–water partition coefficient (Wildman–Crippen LogP) is 2.99. The molecule has 0 heterocycles. The van der Waals surface area contributed by atoms with Crippen LogP contribution in [-0.4, -0.2) is 16.9 Å². The van der Waals surface area contributed by atoms with Crippen molar-refractivity contribution in [1.82, 2.24) is 5.32 Å². The first-order valence-corrected chi connectivity index (χ1v) is 6.70. The molecule has 0 saturated heterocycles. The van der Waals surface area contributed by atoms with Crippen LogP contribution in [-0.2, 0) is 0 Å². The highest BCUT2D eigenvalue weighted by atomic mass is 35.5. The van der Waals surface area contributed by atoms with E-state index in [0.29, 0.717) is 5.92 Å². The summed E-state index contributed by atoms with van der Waals surface area (Å²) in [5.41, 5.74) is 5.15. The van der Waals surface area contributed by atoms with E-state index in [2.05, 4.69) is 5.32 Å². The number of nitro groups is 1. The van der Waals surface area contributed by atoms with Gasteiger partial charge in [-0.15, -0.1) is 0 Å². The maximum Gasteiger partial charge on any atom is 0.294 e. The van der Waals surface area contributed by atoms with Crippen molar-refractivity contribution in [2.75, 3.05) is 5.73 Å². The Balaban J connectivity index is 3.02. The van der Waals surface area contributed by atoms with Gasteiger partial charge in [-0.3, -0.25) is 14.9 Å². The molecule has 0 aliphatic rings. The summed E-state index contributed by atoms with van der Waals surface area (Å²) in [5, 5.41) is 13.7. The molecule has 0 aliphatic carbocycles. The molecule has 0 fully saturated rings. The normalized spacial score (nSPS) is 13.6. The van der Waals surface area contributed by atoms with Crippen LogP contribution in [0.25, 0.3) is 0 Å². The number of amides is 1. The Morgan fingerprint density at radius 1 is 1.50 bits per heavy atom. The van der Waals surface area contributed by atoms with Gasteiger partial charge in [-0.1, -0.05) is 31.9 Å². The predicted molar refractivity (Wildman–Crippen MR) is 78.9 cm³/mol. The van der Waals surface area contributed by atoms with Crippen LogP contribution in [0.1, 0.15) is 37.6 Å². The summed E-state index contributed by atoms with van der Waals surface area (Å²) < 4.78 is 0. The number of hydrogen-bond donors (Lipinski definition) is 2. The van der Waals surface area contributed by atoms with Gasteiger partial charge in [0.15, 0.2) is 0 Å². The molecule has 0 bridgehead atoms. The van der Waals surface area contributed by atoms with E-state index in [1.165, 1.54) is 6.07 Å². The van der Waals surface area contributed by atoms with Crippen molar-refractivity contribution in [3.05, 3.63) is 32.8 Å². The van der Waals surface area contributed by atoms with Crippen LogP contribution in [0.3, 0.4) is 0 Å². The van der Waals surface area contributed by atoms with Crippen molar-refractivity contribution in [3.63, 3.8) is 0 Å². The van der Waals surface area contributed by atoms with Crippen molar-refractivity contribution in [2.24, 2.45) is 5.92 Å². The monoisotopic (exact) mass is 299 g/mol. The number of rotatable bonds is 5. The quantitative estimate of drug-likeness (QED) is 0.496. The number of benzene rings is 1. The zero-order chi connectivity index (χ0) is 15.4. The zero-order valence-electron chi connectivity index (χ0n) is 11.6. The molecule has 0 aromatic heterocycles. The Morgan fingerprint density at radius 3 is 2.60 bits per heavy atom. The lowest BCUT2D eigenvalue weighted by Gasteiger charge is -2.20. The molecule has 0 spiro atoms. The molecule has 0 radical (unpaired) electrons. The molecule has 1 amide bonds. The molecule has 0 saturated carbocycles. The number of anilines is 1. The molecule has 2 atom stereocenters. The van der Waals surface area contributed by atoms with Crippen LogP contribution in [0, 0.1) is 16.0 Å². The first kappa shape index (κ1) is 16.2. The Labute approximate surface area is 122 Å². The minimum atomic E-state index is -0.657. The van der Waals surface area contributed by atoms with E-state index in [9.17, 15) is 14.9 Å². The molecule has 2 unspecified atom stereocenters. The molecule has 1 rings (SSSR count). The largest absolute Gasteiger partial charge is 0.392 e. The van der Waals surface area contributed by atoms with Gasteiger partial charge >= 0.3 is 0 Å². The molecule has 7 heteroatoms. The van der Waals surface area contributed by atoms with Crippen molar-refractivity contribution in [2.45, 2.75) is 33.2 Å². The summed E-state index contributed by atoms with van der Waals surface area (Å²) in [4.78, 5) is 22.3. The second kappa shape index (κ2) is 6.56. The van der Waals surface area contributed by atoms with Crippen molar-refractivity contribution >= 4 is 28.9 Å². The SMILES string of the molecule is CCC(C)C(C)NC(=O)c1cc(Cl)c(N)c([N+](=O)[O-])c1. The van der Waals surface area contributed by atoms with E-state index in [1.807, 2.05) is 20.8 Å². The Bertz CT molecular complexity index is 534. The molecule has 110 valence electrons. The van der Waals surface area contributed by atoms with Crippen LogP contribution < -0.4 is 11.1 Å². The second-order valence-electron chi connectivity index (χ2n) is 4.80. The highest BCUT2D eigenvalue weighted by Crippen LogP contribution is 2.30. The topological polar surface area (TPSA) is 98.3 Å². The van der Waals surface area contributed by atoms with Crippen LogP contribution >= 0.6 is 11.6 Å². The molecule has 0 aliphatic heterocycles. The van der Waals surface area contributed by atoms with Crippen molar-refractivity contribution in [3.8, 4) is 0 Å². The summed E-state index contributed by atoms with van der Waals surface area (Å²) in [6.45, 7) is 5.93. The van der Waals surface area contributed by atoms with E-state index in [1.54, 1.807) is 0 Å². The number of nitrogen functional groups attached to an aromatic ring is 1. The average Bonchev–Trinajstić information content (AvgIpc) is 2.39. The third kappa shape index (κ3) is 3.60. The van der Waals surface area contributed by atoms with E-state index < -0.39 is 10.8 Å². The van der Waals surface area contributed by atoms with E-state index >= 15 is 0 Å². The molecule has 6 nitrogen and oxygen atoms in total. The fourth-order valence-electron chi connectivity index (χ4n) is 1.67. The number of hydrogen-bond acceptors (Lipinski definition) is 4. The maximum absolute atomic E-state index is 12.1. The molecular formula is C13H18ClN3O3. The second-order valence-corrected chi connectivity index (χ2v) is 5.20. The van der Waals surface area contributed by atoms with Crippen molar-refractivity contribution in [1.29, 1.82) is 0 Å². The minimum absolute atomic E-state index is 0.000503. The fraction of sp³-hybridized carbons (Fsp3) is 0.462. The minimum Gasteiger partial charge on any atom is -0.392 e. The van der Waals surface area contributed by atoms with Gasteiger partial charge in [0.1, 0.15) is 5.69 Å². The third-order valence-electron chi connectivity index (χ3n) is 3.42. The molecule has 3 N–H and O–H groups in total. The number of nitro benzene ring substituents is 1. The maximum atomic E-state index is 12.1. The lowest BCUT2D eigenvalue weighted by Crippen LogP contribution is -2.36. The highest BCUT2D eigenvalue weighted by Gasteiger charge is 2.21. The smallest absolute Gasteiger partial charge is 0.294 e. The number of carbonyl (C=O) groups is 1. The summed E-state index contributed by atoms with van der Waals surface area (Å²) in [6.07, 6.45) is 0.921. The number of halogens is 1. The summed E-state index contributed by atoms with van der Waals surface area (Å²) in [5.74, 6) is -0.0963. The summed E-state index contributed by atoms with van der Waals surface area (Å²) >= 11 is 5.82. The summed E-state index contributed by atoms with van der Waals surface area (Å²) in [6, 6.07) is 2.44. The molecular weight excluding hydrogens is 282 g/mol. The molecule has 20 heavy (non-hydrogen) atoms.